The summed E-state index contributed by atoms with van der Waals surface area (Å²) in [5.41, 5.74) is 3.76. The predicted molar refractivity (Wildman–Crippen MR) is 131 cm³/mol. The minimum atomic E-state index is -1.26. The molecule has 4 aromatic rings. The number of carboxylic acid groups (broad SMARTS) is 1. The first-order valence-electron chi connectivity index (χ1n) is 11.1. The van der Waals surface area contributed by atoms with Gasteiger partial charge in [0.25, 0.3) is 0 Å². The molecule has 0 radical (unpaired) electrons. The van der Waals surface area contributed by atoms with Gasteiger partial charge in [0.05, 0.1) is 12.7 Å². The van der Waals surface area contributed by atoms with Crippen molar-refractivity contribution in [2.75, 3.05) is 7.11 Å². The minimum absolute atomic E-state index is 0.311. The average molecular weight is 443 g/mol. The zero-order valence-electron chi connectivity index (χ0n) is 18.8. The second-order valence-electron chi connectivity index (χ2n) is 8.43. The number of hydrogen-bond donors (Lipinski definition) is 1. The number of aromatic carboxylic acids is 1. The Morgan fingerprint density at radius 1 is 1.00 bits per heavy atom. The summed E-state index contributed by atoms with van der Waals surface area (Å²) >= 11 is 0. The van der Waals surface area contributed by atoms with Crippen LogP contribution in [0.5, 0.6) is 5.75 Å². The Kier molecular flexibility index (Phi) is 6.74. The number of carboxylic acids is 1. The quantitative estimate of drug-likeness (QED) is 0.308. The van der Waals surface area contributed by atoms with Crippen molar-refractivity contribution in [3.8, 4) is 16.9 Å². The summed E-state index contributed by atoms with van der Waals surface area (Å²) in [5, 5.41) is 11.5. The third kappa shape index (κ3) is 5.06. The number of rotatable bonds is 8. The first kappa shape index (κ1) is 22.5. The van der Waals surface area contributed by atoms with Crippen LogP contribution in [0.15, 0.2) is 78.9 Å². The summed E-state index contributed by atoms with van der Waals surface area (Å²) in [5.74, 6) is -0.701. The van der Waals surface area contributed by atoms with E-state index in [1.165, 1.54) is 23.3 Å². The Hall–Kier alpha value is -3.66. The predicted octanol–water partition coefficient (Wildman–Crippen LogP) is 7.48. The number of fused-ring (bicyclic) bond motifs is 1. The molecule has 3 nitrogen and oxygen atoms in total. The van der Waals surface area contributed by atoms with Crippen molar-refractivity contribution in [2.24, 2.45) is 0 Å². The van der Waals surface area contributed by atoms with Gasteiger partial charge in [0.1, 0.15) is 11.6 Å². The molecule has 0 saturated carbocycles. The molecule has 0 fully saturated rings. The molecular weight excluding hydrogens is 415 g/mol. The SMILES string of the molecule is COc1cccc([C@@H](C)CCCc2cc(-c3ccc(F)c(C(=O)O)c3)c3ccccc3c2)c1. The van der Waals surface area contributed by atoms with Crippen molar-refractivity contribution < 1.29 is 19.0 Å². The Bertz CT molecular complexity index is 1300. The van der Waals surface area contributed by atoms with Crippen LogP contribution in [0.2, 0.25) is 0 Å². The zero-order valence-corrected chi connectivity index (χ0v) is 18.8. The molecule has 0 aliphatic heterocycles. The summed E-state index contributed by atoms with van der Waals surface area (Å²) in [6, 6.07) is 24.8. The standard InChI is InChI=1S/C29H27FO3/c1-19(21-10-6-11-24(17-21)33-2)7-5-8-20-15-22-9-3-4-12-25(22)26(16-20)23-13-14-28(30)27(18-23)29(31)32/h3-4,6,9-19H,5,7-8H2,1-2H3,(H,31,32)/t19-/m0/s1. The molecule has 0 amide bonds. The van der Waals surface area contributed by atoms with E-state index in [0.29, 0.717) is 11.5 Å². The molecule has 0 saturated heterocycles. The van der Waals surface area contributed by atoms with E-state index in [4.69, 9.17) is 4.74 Å². The highest BCUT2D eigenvalue weighted by molar-refractivity contribution is 5.98. The number of ether oxygens (including phenoxy) is 1. The molecule has 0 bridgehead atoms. The van der Waals surface area contributed by atoms with Gasteiger partial charge in [0.2, 0.25) is 0 Å². The van der Waals surface area contributed by atoms with Gasteiger partial charge >= 0.3 is 5.97 Å². The summed E-state index contributed by atoms with van der Waals surface area (Å²) in [6.45, 7) is 2.23. The normalized spacial score (nSPS) is 12.0. The number of methoxy groups -OCH3 is 1. The maximum absolute atomic E-state index is 14.0. The Morgan fingerprint density at radius 3 is 2.61 bits per heavy atom. The third-order valence-corrected chi connectivity index (χ3v) is 6.19. The second kappa shape index (κ2) is 9.86. The first-order valence-corrected chi connectivity index (χ1v) is 11.1. The van der Waals surface area contributed by atoms with E-state index in [1.54, 1.807) is 13.2 Å². The molecule has 0 aliphatic rings. The summed E-state index contributed by atoms with van der Waals surface area (Å²) in [4.78, 5) is 11.5. The average Bonchev–Trinajstić information content (AvgIpc) is 2.83. The summed E-state index contributed by atoms with van der Waals surface area (Å²) < 4.78 is 19.3. The zero-order chi connectivity index (χ0) is 23.4. The molecule has 0 unspecified atom stereocenters. The van der Waals surface area contributed by atoms with Gasteiger partial charge in [-0.15, -0.1) is 0 Å². The van der Waals surface area contributed by atoms with Crippen molar-refractivity contribution in [1.29, 1.82) is 0 Å². The molecule has 0 aliphatic carbocycles. The van der Waals surface area contributed by atoms with Crippen molar-refractivity contribution in [1.82, 2.24) is 0 Å². The monoisotopic (exact) mass is 442 g/mol. The van der Waals surface area contributed by atoms with Gasteiger partial charge in [-0.3, -0.25) is 0 Å². The topological polar surface area (TPSA) is 46.5 Å². The van der Waals surface area contributed by atoms with Crippen LogP contribution in [-0.4, -0.2) is 18.2 Å². The van der Waals surface area contributed by atoms with Crippen LogP contribution >= 0.6 is 0 Å². The molecule has 0 heterocycles. The van der Waals surface area contributed by atoms with E-state index >= 15 is 0 Å². The Morgan fingerprint density at radius 2 is 1.82 bits per heavy atom. The van der Waals surface area contributed by atoms with Gasteiger partial charge in [0, 0.05) is 0 Å². The maximum atomic E-state index is 14.0. The van der Waals surface area contributed by atoms with Crippen LogP contribution in [0.3, 0.4) is 0 Å². The second-order valence-corrected chi connectivity index (χ2v) is 8.43. The molecular formula is C29H27FO3. The highest BCUT2D eigenvalue weighted by Crippen LogP contribution is 2.32. The van der Waals surface area contributed by atoms with Gasteiger partial charge in [-0.05, 0) is 82.5 Å². The van der Waals surface area contributed by atoms with Gasteiger partial charge in [-0.1, -0.05) is 61.5 Å². The lowest BCUT2D eigenvalue weighted by Gasteiger charge is -2.14. The number of aryl methyl sites for hydroxylation is 1. The van der Waals surface area contributed by atoms with E-state index in [9.17, 15) is 14.3 Å². The summed E-state index contributed by atoms with van der Waals surface area (Å²) in [7, 11) is 1.68. The molecule has 33 heavy (non-hydrogen) atoms. The van der Waals surface area contributed by atoms with Crippen LogP contribution in [0.25, 0.3) is 21.9 Å². The van der Waals surface area contributed by atoms with Gasteiger partial charge in [0.15, 0.2) is 0 Å². The van der Waals surface area contributed by atoms with Crippen LogP contribution in [0, 0.1) is 5.82 Å². The molecule has 1 atom stereocenters. The highest BCUT2D eigenvalue weighted by atomic mass is 19.1. The molecule has 0 aromatic heterocycles. The molecule has 4 heteroatoms. The smallest absolute Gasteiger partial charge is 0.338 e. The third-order valence-electron chi connectivity index (χ3n) is 6.19. The fraction of sp³-hybridized carbons (Fsp3) is 0.207. The lowest BCUT2D eigenvalue weighted by molar-refractivity contribution is 0.0692. The van der Waals surface area contributed by atoms with E-state index in [0.717, 1.165) is 41.3 Å². The van der Waals surface area contributed by atoms with E-state index < -0.39 is 11.8 Å². The lowest BCUT2D eigenvalue weighted by Crippen LogP contribution is -2.01. The number of halogens is 1. The largest absolute Gasteiger partial charge is 0.497 e. The molecule has 4 aromatic carbocycles. The molecule has 0 spiro atoms. The number of hydrogen-bond acceptors (Lipinski definition) is 2. The van der Waals surface area contributed by atoms with Crippen LogP contribution in [0.4, 0.5) is 4.39 Å². The van der Waals surface area contributed by atoms with Crippen molar-refractivity contribution in [2.45, 2.75) is 32.1 Å². The van der Waals surface area contributed by atoms with Crippen LogP contribution < -0.4 is 4.74 Å². The van der Waals surface area contributed by atoms with Crippen molar-refractivity contribution in [3.05, 3.63) is 101 Å². The molecule has 4 rings (SSSR count). The molecule has 1 N–H and O–H groups in total. The molecule has 168 valence electrons. The fourth-order valence-corrected chi connectivity index (χ4v) is 4.34. The van der Waals surface area contributed by atoms with Gasteiger partial charge in [-0.2, -0.15) is 0 Å². The van der Waals surface area contributed by atoms with Gasteiger partial charge in [-0.25, -0.2) is 9.18 Å². The van der Waals surface area contributed by atoms with Gasteiger partial charge < -0.3 is 9.84 Å². The van der Waals surface area contributed by atoms with Crippen molar-refractivity contribution >= 4 is 16.7 Å². The van der Waals surface area contributed by atoms with E-state index in [1.807, 2.05) is 30.3 Å². The van der Waals surface area contributed by atoms with Crippen LogP contribution in [-0.2, 0) is 6.42 Å². The van der Waals surface area contributed by atoms with Crippen molar-refractivity contribution in [3.63, 3.8) is 0 Å². The lowest BCUT2D eigenvalue weighted by atomic mass is 9.91. The highest BCUT2D eigenvalue weighted by Gasteiger charge is 2.14. The number of benzene rings is 4. The van der Waals surface area contributed by atoms with Crippen LogP contribution in [0.1, 0.15) is 47.2 Å². The Labute approximate surface area is 193 Å². The van der Waals surface area contributed by atoms with E-state index in [-0.39, 0.29) is 5.56 Å². The summed E-state index contributed by atoms with van der Waals surface area (Å²) in [6.07, 6.45) is 2.95. The maximum Gasteiger partial charge on any atom is 0.338 e. The fourth-order valence-electron chi connectivity index (χ4n) is 4.34. The minimum Gasteiger partial charge on any atom is -0.497 e. The van der Waals surface area contributed by atoms with E-state index in [2.05, 4.69) is 37.3 Å². The first-order chi connectivity index (χ1) is 16.0. The number of carbonyl (C=O) groups is 1. The Balaban J connectivity index is 1.59.